The highest BCUT2D eigenvalue weighted by atomic mass is 16.6. The molecule has 6 heteroatoms. The maximum Gasteiger partial charge on any atom is 0.337 e. The van der Waals surface area contributed by atoms with Gasteiger partial charge in [0.25, 0.3) is 0 Å². The first kappa shape index (κ1) is 16.6. The van der Waals surface area contributed by atoms with Gasteiger partial charge < -0.3 is 25.1 Å². The average Bonchev–Trinajstić information content (AvgIpc) is 2.44. The van der Waals surface area contributed by atoms with Crippen LogP contribution in [-0.4, -0.2) is 42.0 Å². The van der Waals surface area contributed by atoms with Crippen LogP contribution in [0.25, 0.3) is 0 Å². The van der Waals surface area contributed by atoms with Crippen molar-refractivity contribution in [1.29, 1.82) is 0 Å². The first-order chi connectivity index (χ1) is 10.3. The summed E-state index contributed by atoms with van der Waals surface area (Å²) < 4.78 is 16.1. The van der Waals surface area contributed by atoms with Crippen LogP contribution >= 0.6 is 0 Å². The summed E-state index contributed by atoms with van der Waals surface area (Å²) >= 11 is 0. The number of aliphatic hydroxyl groups excluding tert-OH is 1. The van der Waals surface area contributed by atoms with Gasteiger partial charge in [0.2, 0.25) is 0 Å². The van der Waals surface area contributed by atoms with Gasteiger partial charge >= 0.3 is 5.97 Å². The van der Waals surface area contributed by atoms with Crippen LogP contribution in [0.1, 0.15) is 26.3 Å². The topological polar surface area (TPSA) is 91.0 Å². The van der Waals surface area contributed by atoms with E-state index in [1.807, 2.05) is 12.1 Å². The van der Waals surface area contributed by atoms with E-state index in [2.05, 4.69) is 0 Å². The molecule has 0 bridgehead atoms. The molecule has 0 fully saturated rings. The Morgan fingerprint density at radius 3 is 2.59 bits per heavy atom. The zero-order chi connectivity index (χ0) is 16.3. The van der Waals surface area contributed by atoms with E-state index in [0.717, 1.165) is 5.56 Å². The number of carbonyl (C=O) groups is 1. The van der Waals surface area contributed by atoms with Crippen LogP contribution in [0.5, 0.6) is 11.5 Å². The average molecular weight is 309 g/mol. The molecule has 2 rings (SSSR count). The Kier molecular flexibility index (Phi) is 4.93. The minimum atomic E-state index is -1.37. The van der Waals surface area contributed by atoms with E-state index in [9.17, 15) is 9.90 Å². The fourth-order valence-electron chi connectivity index (χ4n) is 2.14. The van der Waals surface area contributed by atoms with Crippen molar-refractivity contribution < 1.29 is 24.1 Å². The second-order valence-electron chi connectivity index (χ2n) is 6.32. The van der Waals surface area contributed by atoms with E-state index >= 15 is 0 Å². The molecular formula is C16H23NO5. The summed E-state index contributed by atoms with van der Waals surface area (Å²) in [7, 11) is 0. The van der Waals surface area contributed by atoms with Crippen molar-refractivity contribution in [1.82, 2.24) is 0 Å². The molecule has 0 aliphatic carbocycles. The number of aliphatic hydroxyl groups is 1. The Hall–Kier alpha value is -1.79. The SMILES string of the molecule is CC(C)(C)OC(=O)C(O)C(N)Cc1ccc2c(c1)OCCO2. The molecule has 3 N–H and O–H groups in total. The van der Waals surface area contributed by atoms with Gasteiger partial charge in [-0.3, -0.25) is 0 Å². The maximum atomic E-state index is 11.8. The highest BCUT2D eigenvalue weighted by Crippen LogP contribution is 2.31. The van der Waals surface area contributed by atoms with Crippen LogP contribution < -0.4 is 15.2 Å². The van der Waals surface area contributed by atoms with Gasteiger partial charge in [-0.05, 0) is 44.9 Å². The summed E-state index contributed by atoms with van der Waals surface area (Å²) in [6.07, 6.45) is -1.04. The van der Waals surface area contributed by atoms with E-state index in [1.54, 1.807) is 26.8 Å². The largest absolute Gasteiger partial charge is 0.486 e. The van der Waals surface area contributed by atoms with Gasteiger partial charge in [0.05, 0.1) is 0 Å². The number of hydrogen-bond donors (Lipinski definition) is 2. The van der Waals surface area contributed by atoms with Crippen LogP contribution in [0.2, 0.25) is 0 Å². The third-order valence-corrected chi connectivity index (χ3v) is 3.13. The second-order valence-corrected chi connectivity index (χ2v) is 6.32. The molecule has 0 aromatic heterocycles. The van der Waals surface area contributed by atoms with Crippen LogP contribution in [0, 0.1) is 0 Å². The molecule has 1 heterocycles. The first-order valence-corrected chi connectivity index (χ1v) is 7.31. The van der Waals surface area contributed by atoms with Gasteiger partial charge in [-0.1, -0.05) is 6.07 Å². The van der Waals surface area contributed by atoms with Crippen molar-refractivity contribution in [3.63, 3.8) is 0 Å². The Morgan fingerprint density at radius 1 is 1.32 bits per heavy atom. The summed E-state index contributed by atoms with van der Waals surface area (Å²) in [4.78, 5) is 11.8. The lowest BCUT2D eigenvalue weighted by atomic mass is 10.0. The van der Waals surface area contributed by atoms with E-state index < -0.39 is 23.7 Å². The van der Waals surface area contributed by atoms with Crippen LogP contribution in [0.3, 0.4) is 0 Å². The normalized spacial score (nSPS) is 16.8. The number of rotatable bonds is 4. The molecule has 0 amide bonds. The minimum Gasteiger partial charge on any atom is -0.486 e. The predicted molar refractivity (Wildman–Crippen MR) is 81.0 cm³/mol. The molecule has 2 atom stereocenters. The number of carbonyl (C=O) groups excluding carboxylic acids is 1. The lowest BCUT2D eigenvalue weighted by Gasteiger charge is -2.24. The number of hydrogen-bond acceptors (Lipinski definition) is 6. The second kappa shape index (κ2) is 6.54. The van der Waals surface area contributed by atoms with E-state index in [-0.39, 0.29) is 0 Å². The number of fused-ring (bicyclic) bond motifs is 1. The summed E-state index contributed by atoms with van der Waals surface area (Å²) in [5, 5.41) is 9.99. The molecule has 122 valence electrons. The van der Waals surface area contributed by atoms with Crippen molar-refractivity contribution in [2.75, 3.05) is 13.2 Å². The highest BCUT2D eigenvalue weighted by Gasteiger charge is 2.28. The third-order valence-electron chi connectivity index (χ3n) is 3.13. The fraction of sp³-hybridized carbons (Fsp3) is 0.562. The quantitative estimate of drug-likeness (QED) is 0.807. The van der Waals surface area contributed by atoms with Gasteiger partial charge in [0.15, 0.2) is 17.6 Å². The van der Waals surface area contributed by atoms with Crippen molar-refractivity contribution in [3.8, 4) is 11.5 Å². The van der Waals surface area contributed by atoms with E-state index in [0.29, 0.717) is 31.1 Å². The molecule has 0 saturated heterocycles. The summed E-state index contributed by atoms with van der Waals surface area (Å²) in [5.41, 5.74) is 6.12. The third kappa shape index (κ3) is 4.35. The van der Waals surface area contributed by atoms with Gasteiger partial charge in [-0.25, -0.2) is 4.79 Å². The molecular weight excluding hydrogens is 286 g/mol. The molecule has 22 heavy (non-hydrogen) atoms. The summed E-state index contributed by atoms with van der Waals surface area (Å²) in [6.45, 7) is 6.25. The molecule has 2 unspecified atom stereocenters. The van der Waals surface area contributed by atoms with Crippen LogP contribution in [0.15, 0.2) is 18.2 Å². The highest BCUT2D eigenvalue weighted by molar-refractivity contribution is 5.75. The fourth-order valence-corrected chi connectivity index (χ4v) is 2.14. The lowest BCUT2D eigenvalue weighted by molar-refractivity contribution is -0.166. The molecule has 0 saturated carbocycles. The molecule has 1 aliphatic heterocycles. The van der Waals surface area contributed by atoms with Crippen molar-refractivity contribution in [2.24, 2.45) is 5.73 Å². The van der Waals surface area contributed by atoms with Crippen LogP contribution in [0.4, 0.5) is 0 Å². The van der Waals surface area contributed by atoms with Crippen molar-refractivity contribution in [2.45, 2.75) is 44.9 Å². The molecule has 1 aromatic rings. The van der Waals surface area contributed by atoms with Crippen molar-refractivity contribution in [3.05, 3.63) is 23.8 Å². The zero-order valence-corrected chi connectivity index (χ0v) is 13.2. The molecule has 6 nitrogen and oxygen atoms in total. The molecule has 0 spiro atoms. The number of esters is 1. The van der Waals surface area contributed by atoms with Crippen molar-refractivity contribution >= 4 is 5.97 Å². The summed E-state index contributed by atoms with van der Waals surface area (Å²) in [5.74, 6) is 0.636. The molecule has 1 aliphatic rings. The number of benzene rings is 1. The lowest BCUT2D eigenvalue weighted by Crippen LogP contribution is -2.45. The molecule has 0 radical (unpaired) electrons. The first-order valence-electron chi connectivity index (χ1n) is 7.31. The minimum absolute atomic E-state index is 0.330. The van der Waals surface area contributed by atoms with Crippen LogP contribution in [-0.2, 0) is 16.0 Å². The van der Waals surface area contributed by atoms with E-state index in [1.165, 1.54) is 0 Å². The maximum absolute atomic E-state index is 11.8. The van der Waals surface area contributed by atoms with Gasteiger partial charge in [0.1, 0.15) is 18.8 Å². The Morgan fingerprint density at radius 2 is 1.95 bits per heavy atom. The predicted octanol–water partition coefficient (Wildman–Crippen LogP) is 1.03. The summed E-state index contributed by atoms with van der Waals surface area (Å²) in [6, 6.07) is 4.71. The smallest absolute Gasteiger partial charge is 0.337 e. The van der Waals surface area contributed by atoms with Gasteiger partial charge in [-0.15, -0.1) is 0 Å². The number of ether oxygens (including phenoxy) is 3. The van der Waals surface area contributed by atoms with Gasteiger partial charge in [-0.2, -0.15) is 0 Å². The monoisotopic (exact) mass is 309 g/mol. The Balaban J connectivity index is 1.99. The van der Waals surface area contributed by atoms with E-state index in [4.69, 9.17) is 19.9 Å². The standard InChI is InChI=1S/C16H23NO5/c1-16(2,3)22-15(19)14(18)11(17)8-10-4-5-12-13(9-10)21-7-6-20-12/h4-5,9,11,14,18H,6-8,17H2,1-3H3. The Bertz CT molecular complexity index is 538. The van der Waals surface area contributed by atoms with Gasteiger partial charge in [0, 0.05) is 6.04 Å². The molecule has 1 aromatic carbocycles. The number of nitrogens with two attached hydrogens (primary N) is 1. The Labute approximate surface area is 130 Å². The zero-order valence-electron chi connectivity index (χ0n) is 13.2.